The molecule has 6 nitrogen and oxygen atoms in total. The Morgan fingerprint density at radius 3 is 3.04 bits per heavy atom. The molecule has 4 rings (SSSR count). The van der Waals surface area contributed by atoms with Crippen LogP contribution in [0.4, 0.5) is 0 Å². The van der Waals surface area contributed by atoms with Crippen LogP contribution in [0.25, 0.3) is 11.3 Å². The third-order valence-electron chi connectivity index (χ3n) is 4.60. The summed E-state index contributed by atoms with van der Waals surface area (Å²) in [4.78, 5) is 18.8. The molecular weight excluding hydrogens is 314 g/mol. The van der Waals surface area contributed by atoms with Gasteiger partial charge in [0.2, 0.25) is 0 Å². The van der Waals surface area contributed by atoms with E-state index < -0.39 is 0 Å². The van der Waals surface area contributed by atoms with Crippen LogP contribution in [0.1, 0.15) is 27.7 Å². The van der Waals surface area contributed by atoms with E-state index in [2.05, 4.69) is 50.6 Å². The van der Waals surface area contributed by atoms with Gasteiger partial charge in [0.1, 0.15) is 5.69 Å². The summed E-state index contributed by atoms with van der Waals surface area (Å²) in [6.45, 7) is 1.47. The lowest BCUT2D eigenvalue weighted by molar-refractivity contribution is 0.0935. The second-order valence-corrected chi connectivity index (χ2v) is 6.25. The van der Waals surface area contributed by atoms with Crippen molar-refractivity contribution in [2.45, 2.75) is 12.6 Å². The van der Waals surface area contributed by atoms with Crippen molar-refractivity contribution < 1.29 is 4.79 Å². The van der Waals surface area contributed by atoms with Gasteiger partial charge in [-0.25, -0.2) is 0 Å². The van der Waals surface area contributed by atoms with E-state index in [0.29, 0.717) is 17.9 Å². The summed E-state index contributed by atoms with van der Waals surface area (Å²) in [5, 5.41) is 10.0. The SMILES string of the molecule is CN1Cc2ccccc2C1CNC(=O)c1cc(-c2cccnc2)n[nH]1. The minimum Gasteiger partial charge on any atom is -0.349 e. The molecule has 0 bridgehead atoms. The van der Waals surface area contributed by atoms with Crippen molar-refractivity contribution in [1.29, 1.82) is 0 Å². The summed E-state index contributed by atoms with van der Waals surface area (Å²) < 4.78 is 0. The summed E-state index contributed by atoms with van der Waals surface area (Å²) in [6, 6.07) is 14.1. The first-order chi connectivity index (χ1) is 12.2. The first-order valence-electron chi connectivity index (χ1n) is 8.24. The third-order valence-corrected chi connectivity index (χ3v) is 4.60. The van der Waals surface area contributed by atoms with Crippen LogP contribution >= 0.6 is 0 Å². The molecule has 1 aromatic carbocycles. The number of aromatic amines is 1. The number of hydrogen-bond donors (Lipinski definition) is 2. The van der Waals surface area contributed by atoms with Gasteiger partial charge < -0.3 is 5.32 Å². The monoisotopic (exact) mass is 333 g/mol. The summed E-state index contributed by atoms with van der Waals surface area (Å²) in [5.41, 5.74) is 4.65. The third kappa shape index (κ3) is 3.04. The van der Waals surface area contributed by atoms with Crippen molar-refractivity contribution in [3.63, 3.8) is 0 Å². The second kappa shape index (κ2) is 6.49. The van der Waals surface area contributed by atoms with Gasteiger partial charge in [-0.1, -0.05) is 24.3 Å². The smallest absolute Gasteiger partial charge is 0.269 e. The Kier molecular flexibility index (Phi) is 4.03. The highest BCUT2D eigenvalue weighted by Gasteiger charge is 2.27. The molecule has 6 heteroatoms. The van der Waals surface area contributed by atoms with Gasteiger partial charge in [-0.3, -0.25) is 19.8 Å². The van der Waals surface area contributed by atoms with Crippen LogP contribution in [0.3, 0.4) is 0 Å². The first kappa shape index (κ1) is 15.5. The van der Waals surface area contributed by atoms with Gasteiger partial charge in [0, 0.05) is 31.0 Å². The fraction of sp³-hybridized carbons (Fsp3) is 0.211. The molecule has 0 saturated heterocycles. The van der Waals surface area contributed by atoms with Crippen LogP contribution in [-0.4, -0.2) is 39.6 Å². The van der Waals surface area contributed by atoms with Crippen molar-refractivity contribution in [2.24, 2.45) is 0 Å². The molecule has 126 valence electrons. The molecule has 3 heterocycles. The van der Waals surface area contributed by atoms with Gasteiger partial charge in [-0.05, 0) is 36.4 Å². The van der Waals surface area contributed by atoms with Crippen molar-refractivity contribution >= 4 is 5.91 Å². The highest BCUT2D eigenvalue weighted by atomic mass is 16.1. The molecule has 1 aliphatic rings. The van der Waals surface area contributed by atoms with Crippen LogP contribution < -0.4 is 5.32 Å². The number of rotatable bonds is 4. The van der Waals surface area contributed by atoms with E-state index in [1.165, 1.54) is 11.1 Å². The number of carbonyl (C=O) groups excluding carboxylic acids is 1. The molecule has 0 aliphatic carbocycles. The standard InChI is InChI=1S/C19H19N5O/c1-24-12-14-5-2-3-7-15(14)18(24)11-21-19(25)17-9-16(22-23-17)13-6-4-8-20-10-13/h2-10,18H,11-12H2,1H3,(H,21,25)(H,22,23). The van der Waals surface area contributed by atoms with E-state index in [1.807, 2.05) is 18.2 Å². The highest BCUT2D eigenvalue weighted by molar-refractivity contribution is 5.93. The predicted octanol–water partition coefficient (Wildman–Crippen LogP) is 2.39. The lowest BCUT2D eigenvalue weighted by Crippen LogP contribution is -2.33. The van der Waals surface area contributed by atoms with Crippen molar-refractivity contribution in [1.82, 2.24) is 25.4 Å². The molecule has 0 fully saturated rings. The van der Waals surface area contributed by atoms with Crippen molar-refractivity contribution in [3.05, 3.63) is 71.7 Å². The molecule has 0 saturated carbocycles. The van der Waals surface area contributed by atoms with Crippen LogP contribution in [0.15, 0.2) is 54.9 Å². The Balaban J connectivity index is 1.44. The highest BCUT2D eigenvalue weighted by Crippen LogP contribution is 2.31. The largest absolute Gasteiger partial charge is 0.349 e. The Morgan fingerprint density at radius 2 is 2.20 bits per heavy atom. The van der Waals surface area contributed by atoms with E-state index >= 15 is 0 Å². The zero-order valence-electron chi connectivity index (χ0n) is 13.9. The number of aromatic nitrogens is 3. The number of fused-ring (bicyclic) bond motifs is 1. The second-order valence-electron chi connectivity index (χ2n) is 6.25. The molecule has 2 aromatic heterocycles. The number of H-pyrrole nitrogens is 1. The number of pyridine rings is 1. The molecule has 1 atom stereocenters. The Hall–Kier alpha value is -2.99. The van der Waals surface area contributed by atoms with Gasteiger partial charge in [-0.2, -0.15) is 5.10 Å². The van der Waals surface area contributed by atoms with Crippen LogP contribution in [0, 0.1) is 0 Å². The topological polar surface area (TPSA) is 73.9 Å². The maximum absolute atomic E-state index is 12.4. The minimum atomic E-state index is -0.152. The van der Waals surface area contributed by atoms with E-state index in [9.17, 15) is 4.79 Å². The average molecular weight is 333 g/mol. The zero-order valence-corrected chi connectivity index (χ0v) is 13.9. The quantitative estimate of drug-likeness (QED) is 0.769. The summed E-state index contributed by atoms with van der Waals surface area (Å²) in [7, 11) is 2.08. The normalized spacial score (nSPS) is 16.6. The lowest BCUT2D eigenvalue weighted by Gasteiger charge is -2.20. The number of likely N-dealkylation sites (N-methyl/N-ethyl adjacent to an activating group) is 1. The molecule has 1 aliphatic heterocycles. The van der Waals surface area contributed by atoms with Crippen LogP contribution in [-0.2, 0) is 6.54 Å². The number of amides is 1. The number of carbonyl (C=O) groups is 1. The lowest BCUT2D eigenvalue weighted by atomic mass is 10.1. The minimum absolute atomic E-state index is 0.152. The molecule has 2 N–H and O–H groups in total. The zero-order chi connectivity index (χ0) is 17.2. The van der Waals surface area contributed by atoms with Gasteiger partial charge in [0.05, 0.1) is 11.7 Å². The molecular formula is C19H19N5O. The van der Waals surface area contributed by atoms with Gasteiger partial charge >= 0.3 is 0 Å². The molecule has 0 spiro atoms. The molecule has 1 amide bonds. The summed E-state index contributed by atoms with van der Waals surface area (Å²) in [5.74, 6) is -0.152. The van der Waals surface area contributed by atoms with E-state index in [1.54, 1.807) is 18.5 Å². The van der Waals surface area contributed by atoms with Gasteiger partial charge in [-0.15, -0.1) is 0 Å². The average Bonchev–Trinajstić information content (AvgIpc) is 3.25. The van der Waals surface area contributed by atoms with Crippen LogP contribution in [0.2, 0.25) is 0 Å². The first-order valence-corrected chi connectivity index (χ1v) is 8.24. The van der Waals surface area contributed by atoms with Crippen LogP contribution in [0.5, 0.6) is 0 Å². The van der Waals surface area contributed by atoms with Crippen molar-refractivity contribution in [2.75, 3.05) is 13.6 Å². The molecule has 25 heavy (non-hydrogen) atoms. The number of nitrogens with zero attached hydrogens (tertiary/aromatic N) is 3. The van der Waals surface area contributed by atoms with Crippen molar-refractivity contribution in [3.8, 4) is 11.3 Å². The number of hydrogen-bond acceptors (Lipinski definition) is 4. The molecule has 1 unspecified atom stereocenters. The van der Waals surface area contributed by atoms with Gasteiger partial charge in [0.25, 0.3) is 5.91 Å². The number of nitrogens with one attached hydrogen (secondary N) is 2. The van der Waals surface area contributed by atoms with E-state index in [-0.39, 0.29) is 11.9 Å². The van der Waals surface area contributed by atoms with E-state index in [0.717, 1.165) is 12.1 Å². The fourth-order valence-corrected chi connectivity index (χ4v) is 3.27. The molecule has 3 aromatic rings. The summed E-state index contributed by atoms with van der Waals surface area (Å²) >= 11 is 0. The maximum atomic E-state index is 12.4. The van der Waals surface area contributed by atoms with Gasteiger partial charge in [0.15, 0.2) is 0 Å². The number of benzene rings is 1. The Labute approximate surface area is 145 Å². The maximum Gasteiger partial charge on any atom is 0.269 e. The molecule has 0 radical (unpaired) electrons. The van der Waals surface area contributed by atoms with E-state index in [4.69, 9.17) is 0 Å². The summed E-state index contributed by atoms with van der Waals surface area (Å²) in [6.07, 6.45) is 3.43. The Morgan fingerprint density at radius 1 is 1.32 bits per heavy atom. The Bertz CT molecular complexity index is 890. The fourth-order valence-electron chi connectivity index (χ4n) is 3.27. The predicted molar refractivity (Wildman–Crippen MR) is 94.8 cm³/mol.